The molecule has 3 aliphatic heterocycles. The van der Waals surface area contributed by atoms with E-state index in [1.54, 1.807) is 26.6 Å². The van der Waals surface area contributed by atoms with E-state index in [0.29, 0.717) is 48.4 Å². The zero-order valence-corrected chi connectivity index (χ0v) is 30.2. The first-order valence-corrected chi connectivity index (χ1v) is 18.3. The summed E-state index contributed by atoms with van der Waals surface area (Å²) in [7, 11) is 0. The van der Waals surface area contributed by atoms with E-state index in [-0.39, 0.29) is 31.6 Å². The van der Waals surface area contributed by atoms with Crippen LogP contribution in [-0.2, 0) is 25.8 Å². The minimum absolute atomic E-state index is 0.0336. The van der Waals surface area contributed by atoms with Crippen LogP contribution in [0, 0.1) is 11.8 Å². The number of amides is 3. The van der Waals surface area contributed by atoms with Crippen LogP contribution in [0.15, 0.2) is 104 Å². The normalized spacial score (nSPS) is 24.9. The first-order valence-electron chi connectivity index (χ1n) is 18.3. The maximum atomic E-state index is 15.3. The zero-order chi connectivity index (χ0) is 37.3. The van der Waals surface area contributed by atoms with E-state index in [2.05, 4.69) is 23.5 Å². The van der Waals surface area contributed by atoms with Crippen molar-refractivity contribution in [3.8, 4) is 5.75 Å². The van der Waals surface area contributed by atoms with E-state index in [0.717, 1.165) is 5.52 Å². The molecule has 4 aromatic rings. The number of aromatic nitrogens is 3. The number of likely N-dealkylation sites (tertiary alicyclic amines) is 1. The van der Waals surface area contributed by atoms with Crippen LogP contribution >= 0.6 is 0 Å². The van der Waals surface area contributed by atoms with Crippen LogP contribution in [0.1, 0.15) is 44.7 Å². The van der Waals surface area contributed by atoms with E-state index >= 15 is 14.4 Å². The number of nitrogens with zero attached hydrogens (tertiary/aromatic N) is 6. The maximum Gasteiger partial charge on any atom is 0.250 e. The lowest BCUT2D eigenvalue weighted by Crippen LogP contribution is -2.57. The van der Waals surface area contributed by atoms with Crippen molar-refractivity contribution in [3.63, 3.8) is 0 Å². The summed E-state index contributed by atoms with van der Waals surface area (Å²) in [5.74, 6) is -2.26. The first kappa shape index (κ1) is 36.0. The summed E-state index contributed by atoms with van der Waals surface area (Å²) in [5, 5.41) is 19.6. The Labute approximate surface area is 309 Å². The highest BCUT2D eigenvalue weighted by atomic mass is 16.5. The van der Waals surface area contributed by atoms with E-state index in [9.17, 15) is 5.11 Å². The van der Waals surface area contributed by atoms with Gasteiger partial charge in [0.05, 0.1) is 42.2 Å². The number of hydrogen-bond donors (Lipinski definition) is 1. The molecule has 12 heteroatoms. The van der Waals surface area contributed by atoms with Crippen molar-refractivity contribution in [1.82, 2.24) is 24.8 Å². The van der Waals surface area contributed by atoms with E-state index < -0.39 is 47.6 Å². The summed E-state index contributed by atoms with van der Waals surface area (Å²) in [4.78, 5) is 50.3. The molecule has 12 nitrogen and oxygen atoms in total. The van der Waals surface area contributed by atoms with Crippen LogP contribution in [0.4, 0.5) is 5.69 Å². The molecule has 3 fully saturated rings. The van der Waals surface area contributed by atoms with Crippen LogP contribution in [0.25, 0.3) is 11.0 Å². The molecule has 1 aromatic heterocycles. The first-order chi connectivity index (χ1) is 25.8. The second-order valence-electron chi connectivity index (χ2n) is 13.9. The lowest BCUT2D eigenvalue weighted by molar-refractivity contribution is -0.157. The predicted octanol–water partition coefficient (Wildman–Crippen LogP) is 4.91. The number of aliphatic hydroxyl groups is 1. The van der Waals surface area contributed by atoms with Gasteiger partial charge in [-0.2, -0.15) is 0 Å². The Morgan fingerprint density at radius 2 is 1.72 bits per heavy atom. The largest absolute Gasteiger partial charge is 0.494 e. The molecular weight excluding hydrogens is 672 g/mol. The minimum atomic E-state index is -1.34. The second-order valence-corrected chi connectivity index (χ2v) is 13.9. The highest BCUT2D eigenvalue weighted by Gasteiger charge is 2.79. The molecule has 2 unspecified atom stereocenters. The molecule has 3 amide bonds. The van der Waals surface area contributed by atoms with Gasteiger partial charge in [0, 0.05) is 18.8 Å². The fourth-order valence-electron chi connectivity index (χ4n) is 8.91. The fraction of sp³-hybridized carbons (Fsp3) is 0.390. The second kappa shape index (κ2) is 14.6. The highest BCUT2D eigenvalue weighted by Crippen LogP contribution is 2.65. The number of para-hydroxylation sites is 1. The van der Waals surface area contributed by atoms with Gasteiger partial charge in [-0.3, -0.25) is 14.4 Å². The van der Waals surface area contributed by atoms with Crippen LogP contribution in [0.2, 0.25) is 0 Å². The topological polar surface area (TPSA) is 130 Å². The molecule has 2 bridgehead atoms. The average Bonchev–Trinajstić information content (AvgIpc) is 3.92. The maximum absolute atomic E-state index is 15.3. The summed E-state index contributed by atoms with van der Waals surface area (Å²) in [6, 6.07) is 21.9. The van der Waals surface area contributed by atoms with E-state index in [1.165, 1.54) is 4.90 Å². The molecule has 53 heavy (non-hydrogen) atoms. The van der Waals surface area contributed by atoms with Crippen molar-refractivity contribution in [2.24, 2.45) is 11.8 Å². The SMILES string of the molecule is C=CCN(Cn1nnc2ccccc21)C(=O)C1N([C@H](CO)c2ccccc2)C(=O)[C@@H]2[C@H](C(=O)N(CC=C)c3ccc(OCC)cc3)[C@]3(CC)CCC12O3. The smallest absolute Gasteiger partial charge is 0.250 e. The molecular formula is C41H46N6O6. The highest BCUT2D eigenvalue weighted by molar-refractivity contribution is 6.03. The van der Waals surface area contributed by atoms with E-state index in [4.69, 9.17) is 9.47 Å². The van der Waals surface area contributed by atoms with Gasteiger partial charge in [-0.25, -0.2) is 4.68 Å². The molecule has 3 aliphatic rings. The lowest BCUT2D eigenvalue weighted by atomic mass is 9.64. The average molecular weight is 719 g/mol. The van der Waals surface area contributed by atoms with Crippen LogP contribution in [0.3, 0.4) is 0 Å². The van der Waals surface area contributed by atoms with Crippen molar-refractivity contribution < 1.29 is 29.0 Å². The zero-order valence-electron chi connectivity index (χ0n) is 30.2. The molecule has 1 spiro atoms. The molecule has 1 N–H and O–H groups in total. The Morgan fingerprint density at radius 1 is 1.00 bits per heavy atom. The standard InChI is InChI=1S/C41H46N6O6/c1-5-24-44(27-46-32-17-13-12-16-31(32)42-43-46)39(51)36-41-23-22-40(7-3,53-41)34(35(41)38(50)47(36)33(26-48)28-14-10-9-11-15-28)37(49)45(25-6-2)29-18-20-30(21-19-29)52-8-4/h5-6,9-21,33-36,48H,1-2,7-8,22-27H2,3-4H3/t33-,34-,35+,36?,40+,41?/m1/s1. The van der Waals surface area contributed by atoms with Gasteiger partial charge in [0.1, 0.15) is 29.6 Å². The van der Waals surface area contributed by atoms with Crippen LogP contribution < -0.4 is 9.64 Å². The monoisotopic (exact) mass is 718 g/mol. The van der Waals surface area contributed by atoms with Gasteiger partial charge in [-0.1, -0.05) is 66.8 Å². The Hall–Kier alpha value is -5.33. The van der Waals surface area contributed by atoms with Crippen molar-refractivity contribution in [1.29, 1.82) is 0 Å². The predicted molar refractivity (Wildman–Crippen MR) is 200 cm³/mol. The van der Waals surface area contributed by atoms with Gasteiger partial charge < -0.3 is 29.3 Å². The number of aliphatic hydroxyl groups excluding tert-OH is 1. The Kier molecular flexibility index (Phi) is 9.93. The number of anilines is 1. The minimum Gasteiger partial charge on any atom is -0.494 e. The summed E-state index contributed by atoms with van der Waals surface area (Å²) in [6.07, 6.45) is 4.62. The molecule has 276 valence electrons. The van der Waals surface area contributed by atoms with Crippen molar-refractivity contribution in [3.05, 3.63) is 110 Å². The van der Waals surface area contributed by atoms with E-state index in [1.807, 2.05) is 92.7 Å². The quantitative estimate of drug-likeness (QED) is 0.172. The number of fused-ring (bicyclic) bond motifs is 2. The Balaban J connectivity index is 1.34. The van der Waals surface area contributed by atoms with Gasteiger partial charge in [-0.05, 0) is 68.1 Å². The summed E-state index contributed by atoms with van der Waals surface area (Å²) < 4.78 is 14.4. The molecule has 6 atom stereocenters. The Morgan fingerprint density at radius 3 is 2.40 bits per heavy atom. The molecule has 3 aromatic carbocycles. The van der Waals surface area contributed by atoms with Gasteiger partial charge >= 0.3 is 0 Å². The van der Waals surface area contributed by atoms with Gasteiger partial charge in [-0.15, -0.1) is 18.3 Å². The molecule has 4 heterocycles. The van der Waals surface area contributed by atoms with Crippen molar-refractivity contribution in [2.75, 3.05) is 31.2 Å². The lowest BCUT2D eigenvalue weighted by Gasteiger charge is -2.39. The molecule has 0 aliphatic carbocycles. The number of rotatable bonds is 15. The molecule has 0 saturated carbocycles. The van der Waals surface area contributed by atoms with Gasteiger partial charge in [0.25, 0.3) is 0 Å². The Bertz CT molecular complexity index is 2000. The van der Waals surface area contributed by atoms with Crippen molar-refractivity contribution >= 4 is 34.4 Å². The summed E-state index contributed by atoms with van der Waals surface area (Å²) in [5.41, 5.74) is 0.397. The molecule has 0 radical (unpaired) electrons. The third kappa shape index (κ3) is 5.90. The van der Waals surface area contributed by atoms with Crippen LogP contribution in [-0.4, -0.2) is 91.2 Å². The van der Waals surface area contributed by atoms with Crippen molar-refractivity contribution in [2.45, 2.75) is 63.1 Å². The number of ether oxygens (including phenoxy) is 2. The van der Waals surface area contributed by atoms with Gasteiger partial charge in [0.15, 0.2) is 0 Å². The summed E-state index contributed by atoms with van der Waals surface area (Å²) in [6.45, 7) is 12.2. The number of benzene rings is 3. The summed E-state index contributed by atoms with van der Waals surface area (Å²) >= 11 is 0. The fourth-order valence-corrected chi connectivity index (χ4v) is 8.91. The number of carbonyl (C=O) groups excluding carboxylic acids is 3. The number of hydrogen-bond acceptors (Lipinski definition) is 8. The van der Waals surface area contributed by atoms with Crippen LogP contribution in [0.5, 0.6) is 5.75 Å². The number of carbonyl (C=O) groups is 3. The van der Waals surface area contributed by atoms with Gasteiger partial charge in [0.2, 0.25) is 17.7 Å². The third-order valence-electron chi connectivity index (χ3n) is 11.2. The molecule has 3 saturated heterocycles. The third-order valence-corrected chi connectivity index (χ3v) is 11.2. The molecule has 7 rings (SSSR count).